The number of aryl methyl sites for hydroxylation is 2. The van der Waals surface area contributed by atoms with Crippen LogP contribution in [-0.2, 0) is 9.84 Å². The summed E-state index contributed by atoms with van der Waals surface area (Å²) in [7, 11) is -3.39. The molecule has 0 aliphatic heterocycles. The number of hydrogen-bond acceptors (Lipinski definition) is 7. The van der Waals surface area contributed by atoms with Gasteiger partial charge in [0.25, 0.3) is 0 Å². The first kappa shape index (κ1) is 20.8. The van der Waals surface area contributed by atoms with Crippen LogP contribution >= 0.6 is 0 Å². The molecule has 8 nitrogen and oxygen atoms in total. The maximum absolute atomic E-state index is 12.8. The average Bonchev–Trinajstić information content (AvgIpc) is 3.01. The third-order valence-electron chi connectivity index (χ3n) is 5.01. The van der Waals surface area contributed by atoms with Gasteiger partial charge in [-0.15, -0.1) is 0 Å². The van der Waals surface area contributed by atoms with Gasteiger partial charge in [-0.3, -0.25) is 5.10 Å². The maximum Gasteiger partial charge on any atom is 0.229 e. The lowest BCUT2D eigenvalue weighted by molar-refractivity contribution is 0.580. The van der Waals surface area contributed by atoms with Crippen LogP contribution in [0.3, 0.4) is 0 Å². The second-order valence-corrected chi connectivity index (χ2v) is 9.42. The molecule has 0 radical (unpaired) electrons. The fraction of sp³-hybridized carbons (Fsp3) is 0.350. The fourth-order valence-corrected chi connectivity index (χ4v) is 4.45. The second-order valence-electron chi connectivity index (χ2n) is 7.08. The normalized spacial score (nSPS) is 12.6. The Morgan fingerprint density at radius 1 is 1.14 bits per heavy atom. The highest BCUT2D eigenvalue weighted by Gasteiger charge is 2.24. The molecule has 1 unspecified atom stereocenters. The molecule has 0 aliphatic rings. The van der Waals surface area contributed by atoms with Crippen LogP contribution in [0.1, 0.15) is 37.1 Å². The van der Waals surface area contributed by atoms with Crippen LogP contribution < -0.4 is 10.6 Å². The zero-order valence-electron chi connectivity index (χ0n) is 17.2. The number of benzene rings is 1. The molecule has 0 bridgehead atoms. The van der Waals surface area contributed by atoms with E-state index >= 15 is 0 Å². The van der Waals surface area contributed by atoms with E-state index in [1.165, 1.54) is 0 Å². The van der Waals surface area contributed by atoms with Gasteiger partial charge in [-0.05, 0) is 57.9 Å². The molecule has 9 heteroatoms. The summed E-state index contributed by atoms with van der Waals surface area (Å²) in [5, 5.41) is 12.9. The van der Waals surface area contributed by atoms with Crippen LogP contribution in [-0.4, -0.2) is 33.8 Å². The number of nitrogens with one attached hydrogen (secondary N) is 3. The Kier molecular flexibility index (Phi) is 5.88. The standard InChI is InChI=1S/C20H26N6O2S/c1-6-13(3)29(27,28)17-11-16(8-7-12(17)2)22-20-21-10-9-18(24-20)23-19-14(4)15(5)25-26-19/h7-11,13H,6H2,1-5H3,(H3,21,22,23,24,25,26). The van der Waals surface area contributed by atoms with Gasteiger partial charge in [0.2, 0.25) is 5.95 Å². The summed E-state index contributed by atoms with van der Waals surface area (Å²) in [4.78, 5) is 9.00. The van der Waals surface area contributed by atoms with Gasteiger partial charge in [0.15, 0.2) is 15.7 Å². The van der Waals surface area contributed by atoms with Crippen molar-refractivity contribution >= 4 is 33.1 Å². The van der Waals surface area contributed by atoms with E-state index in [9.17, 15) is 8.42 Å². The summed E-state index contributed by atoms with van der Waals surface area (Å²) >= 11 is 0. The van der Waals surface area contributed by atoms with Crippen molar-refractivity contribution in [3.8, 4) is 0 Å². The SMILES string of the molecule is CCC(C)S(=O)(=O)c1cc(Nc2nccc(Nc3n[nH]c(C)c3C)n2)ccc1C. The first-order valence-electron chi connectivity index (χ1n) is 9.45. The van der Waals surface area contributed by atoms with Gasteiger partial charge < -0.3 is 10.6 Å². The Balaban J connectivity index is 1.85. The Morgan fingerprint density at radius 2 is 1.90 bits per heavy atom. The monoisotopic (exact) mass is 414 g/mol. The molecule has 3 rings (SSSR count). The summed E-state index contributed by atoms with van der Waals surface area (Å²) in [6, 6.07) is 6.98. The van der Waals surface area contributed by atoms with Crippen molar-refractivity contribution in [2.45, 2.75) is 51.2 Å². The number of aromatic nitrogens is 4. The number of nitrogens with zero attached hydrogens (tertiary/aromatic N) is 3. The summed E-state index contributed by atoms with van der Waals surface area (Å²) in [6.07, 6.45) is 2.18. The van der Waals surface area contributed by atoms with Gasteiger partial charge in [-0.2, -0.15) is 10.1 Å². The average molecular weight is 415 g/mol. The zero-order chi connectivity index (χ0) is 21.2. The highest BCUT2D eigenvalue weighted by Crippen LogP contribution is 2.26. The number of aromatic amines is 1. The van der Waals surface area contributed by atoms with E-state index in [1.54, 1.807) is 38.2 Å². The maximum atomic E-state index is 12.8. The quantitative estimate of drug-likeness (QED) is 0.531. The van der Waals surface area contributed by atoms with Crippen LogP contribution in [0.2, 0.25) is 0 Å². The van der Waals surface area contributed by atoms with Crippen molar-refractivity contribution in [3.05, 3.63) is 47.3 Å². The van der Waals surface area contributed by atoms with Crippen LogP contribution in [0.5, 0.6) is 0 Å². The topological polar surface area (TPSA) is 113 Å². The van der Waals surface area contributed by atoms with Crippen LogP contribution in [0.15, 0.2) is 35.4 Å². The van der Waals surface area contributed by atoms with E-state index in [2.05, 4.69) is 30.8 Å². The number of sulfone groups is 1. The second kappa shape index (κ2) is 8.20. The molecule has 3 N–H and O–H groups in total. The van der Waals surface area contributed by atoms with Gasteiger partial charge in [-0.25, -0.2) is 13.4 Å². The number of anilines is 4. The Labute approximate surface area is 171 Å². The molecule has 1 aromatic carbocycles. The van der Waals surface area contributed by atoms with Crippen molar-refractivity contribution in [3.63, 3.8) is 0 Å². The predicted molar refractivity (Wildman–Crippen MR) is 115 cm³/mol. The van der Waals surface area contributed by atoms with E-state index in [-0.39, 0.29) is 0 Å². The van der Waals surface area contributed by atoms with Crippen LogP contribution in [0.25, 0.3) is 0 Å². The molecule has 0 aliphatic carbocycles. The van der Waals surface area contributed by atoms with Gasteiger partial charge in [0.1, 0.15) is 5.82 Å². The summed E-state index contributed by atoms with van der Waals surface area (Å²) in [5.74, 6) is 1.64. The minimum atomic E-state index is -3.39. The van der Waals surface area contributed by atoms with Gasteiger partial charge in [0.05, 0.1) is 10.1 Å². The first-order chi connectivity index (χ1) is 13.7. The van der Waals surface area contributed by atoms with Crippen molar-refractivity contribution in [2.75, 3.05) is 10.6 Å². The molecular formula is C20H26N6O2S. The van der Waals surface area contributed by atoms with E-state index < -0.39 is 15.1 Å². The molecule has 0 saturated heterocycles. The van der Waals surface area contributed by atoms with Crippen LogP contribution in [0, 0.1) is 20.8 Å². The molecule has 0 spiro atoms. The van der Waals surface area contributed by atoms with Crippen molar-refractivity contribution in [1.82, 2.24) is 20.2 Å². The first-order valence-corrected chi connectivity index (χ1v) is 11.0. The smallest absolute Gasteiger partial charge is 0.229 e. The lowest BCUT2D eigenvalue weighted by Crippen LogP contribution is -2.18. The minimum absolute atomic E-state index is 0.328. The van der Waals surface area contributed by atoms with E-state index in [0.29, 0.717) is 34.6 Å². The molecule has 154 valence electrons. The molecule has 2 heterocycles. The van der Waals surface area contributed by atoms with Crippen molar-refractivity contribution < 1.29 is 8.42 Å². The zero-order valence-corrected chi connectivity index (χ0v) is 18.1. The van der Waals surface area contributed by atoms with Gasteiger partial charge >= 0.3 is 0 Å². The molecule has 29 heavy (non-hydrogen) atoms. The predicted octanol–water partition coefficient (Wildman–Crippen LogP) is 4.18. The fourth-order valence-electron chi connectivity index (χ4n) is 2.77. The largest absolute Gasteiger partial charge is 0.324 e. The third kappa shape index (κ3) is 4.40. The van der Waals surface area contributed by atoms with Crippen LogP contribution in [0.4, 0.5) is 23.3 Å². The number of rotatable bonds is 7. The van der Waals surface area contributed by atoms with E-state index in [1.807, 2.05) is 26.8 Å². The van der Waals surface area contributed by atoms with E-state index in [0.717, 1.165) is 16.8 Å². The summed E-state index contributed by atoms with van der Waals surface area (Å²) < 4.78 is 25.6. The van der Waals surface area contributed by atoms with E-state index in [4.69, 9.17) is 0 Å². The molecule has 0 amide bonds. The molecule has 2 aromatic heterocycles. The van der Waals surface area contributed by atoms with Gasteiger partial charge in [-0.1, -0.05) is 13.0 Å². The lowest BCUT2D eigenvalue weighted by Gasteiger charge is -2.15. The Bertz CT molecular complexity index is 1120. The lowest BCUT2D eigenvalue weighted by atomic mass is 10.2. The Morgan fingerprint density at radius 3 is 2.55 bits per heavy atom. The summed E-state index contributed by atoms with van der Waals surface area (Å²) in [5.41, 5.74) is 3.32. The number of hydrogen-bond donors (Lipinski definition) is 3. The van der Waals surface area contributed by atoms with Crippen molar-refractivity contribution in [1.29, 1.82) is 0 Å². The summed E-state index contributed by atoms with van der Waals surface area (Å²) in [6.45, 7) is 9.31. The molecule has 1 atom stereocenters. The van der Waals surface area contributed by atoms with Crippen molar-refractivity contribution in [2.24, 2.45) is 0 Å². The molecule has 0 saturated carbocycles. The Hall–Kier alpha value is -2.94. The minimum Gasteiger partial charge on any atom is -0.324 e. The third-order valence-corrected chi connectivity index (χ3v) is 7.46. The molecule has 0 fully saturated rings. The molecular weight excluding hydrogens is 388 g/mol. The van der Waals surface area contributed by atoms with Gasteiger partial charge in [0, 0.05) is 23.1 Å². The number of H-pyrrole nitrogens is 1. The highest BCUT2D eigenvalue weighted by atomic mass is 32.2. The molecule has 3 aromatic rings. The highest BCUT2D eigenvalue weighted by molar-refractivity contribution is 7.92.